The van der Waals surface area contributed by atoms with Gasteiger partial charge in [-0.3, -0.25) is 9.78 Å². The molecule has 2 aromatic heterocycles. The van der Waals surface area contributed by atoms with Crippen LogP contribution in [0.3, 0.4) is 0 Å². The number of pyridine rings is 1. The SMILES string of the molecule is O=C(c1cccc(F)c1F)N1CCn2c(nnc2-c2ccccn2)C1. The van der Waals surface area contributed by atoms with Crippen molar-refractivity contribution >= 4 is 5.91 Å². The summed E-state index contributed by atoms with van der Waals surface area (Å²) in [5, 5.41) is 8.26. The summed E-state index contributed by atoms with van der Waals surface area (Å²) in [7, 11) is 0. The second kappa shape index (κ2) is 6.04. The van der Waals surface area contributed by atoms with Crippen LogP contribution in [0.1, 0.15) is 16.2 Å². The van der Waals surface area contributed by atoms with E-state index in [2.05, 4.69) is 15.2 Å². The van der Waals surface area contributed by atoms with Gasteiger partial charge in [0.25, 0.3) is 5.91 Å². The summed E-state index contributed by atoms with van der Waals surface area (Å²) < 4.78 is 29.1. The molecule has 8 heteroatoms. The first-order valence-electron chi connectivity index (χ1n) is 7.72. The largest absolute Gasteiger partial charge is 0.329 e. The highest BCUT2D eigenvalue weighted by Crippen LogP contribution is 2.22. The van der Waals surface area contributed by atoms with Gasteiger partial charge in [-0.2, -0.15) is 0 Å². The number of rotatable bonds is 2. The minimum absolute atomic E-state index is 0.175. The van der Waals surface area contributed by atoms with Gasteiger partial charge in [-0.1, -0.05) is 12.1 Å². The van der Waals surface area contributed by atoms with Crippen molar-refractivity contribution in [2.45, 2.75) is 13.1 Å². The van der Waals surface area contributed by atoms with E-state index in [1.165, 1.54) is 17.0 Å². The number of nitrogens with zero attached hydrogens (tertiary/aromatic N) is 5. The molecule has 3 aromatic rings. The van der Waals surface area contributed by atoms with Gasteiger partial charge in [0.2, 0.25) is 0 Å². The Morgan fingerprint density at radius 3 is 2.72 bits per heavy atom. The molecule has 1 amide bonds. The van der Waals surface area contributed by atoms with Gasteiger partial charge in [0.1, 0.15) is 5.69 Å². The number of aromatic nitrogens is 4. The van der Waals surface area contributed by atoms with Crippen LogP contribution in [0.4, 0.5) is 8.78 Å². The standard InChI is InChI=1S/C17H13F2N5O/c18-12-5-3-4-11(15(12)19)17(25)23-8-9-24-14(10-23)21-22-16(24)13-6-1-2-7-20-13/h1-7H,8-10H2. The Hall–Kier alpha value is -3.16. The number of hydrogen-bond donors (Lipinski definition) is 0. The number of hydrogen-bond acceptors (Lipinski definition) is 4. The molecule has 1 aromatic carbocycles. The zero-order chi connectivity index (χ0) is 17.4. The van der Waals surface area contributed by atoms with Crippen molar-refractivity contribution in [3.63, 3.8) is 0 Å². The number of halogens is 2. The summed E-state index contributed by atoms with van der Waals surface area (Å²) in [6.07, 6.45) is 1.67. The third-order valence-corrected chi connectivity index (χ3v) is 4.12. The van der Waals surface area contributed by atoms with Gasteiger partial charge in [0.05, 0.1) is 12.1 Å². The molecule has 1 aliphatic rings. The predicted molar refractivity (Wildman–Crippen MR) is 84.4 cm³/mol. The molecular formula is C17H13F2N5O. The molecule has 1 aliphatic heterocycles. The molecule has 3 heterocycles. The lowest BCUT2D eigenvalue weighted by molar-refractivity contribution is 0.0702. The number of carbonyl (C=O) groups is 1. The second-order valence-corrected chi connectivity index (χ2v) is 5.63. The highest BCUT2D eigenvalue weighted by Gasteiger charge is 2.28. The Morgan fingerprint density at radius 2 is 1.92 bits per heavy atom. The molecule has 4 rings (SSSR count). The molecule has 0 bridgehead atoms. The molecule has 0 saturated heterocycles. The molecule has 0 radical (unpaired) electrons. The van der Waals surface area contributed by atoms with Gasteiger partial charge in [0, 0.05) is 19.3 Å². The molecule has 6 nitrogen and oxygen atoms in total. The molecule has 0 fully saturated rings. The Labute approximate surface area is 141 Å². The predicted octanol–water partition coefficient (Wildman–Crippen LogP) is 2.27. The molecule has 0 unspecified atom stereocenters. The topological polar surface area (TPSA) is 63.9 Å². The zero-order valence-corrected chi connectivity index (χ0v) is 13.1. The Balaban J connectivity index is 1.61. The lowest BCUT2D eigenvalue weighted by Gasteiger charge is -2.28. The Morgan fingerprint density at radius 1 is 1.04 bits per heavy atom. The van der Waals surface area contributed by atoms with Gasteiger partial charge in [-0.05, 0) is 24.3 Å². The molecular weight excluding hydrogens is 328 g/mol. The van der Waals surface area contributed by atoms with Crippen LogP contribution < -0.4 is 0 Å². The van der Waals surface area contributed by atoms with E-state index in [1.807, 2.05) is 22.8 Å². The fourth-order valence-corrected chi connectivity index (χ4v) is 2.85. The first-order chi connectivity index (χ1) is 12.1. The minimum Gasteiger partial charge on any atom is -0.329 e. The maximum Gasteiger partial charge on any atom is 0.257 e. The fourth-order valence-electron chi connectivity index (χ4n) is 2.85. The first-order valence-corrected chi connectivity index (χ1v) is 7.72. The highest BCUT2D eigenvalue weighted by molar-refractivity contribution is 5.94. The van der Waals surface area contributed by atoms with Crippen LogP contribution in [0.5, 0.6) is 0 Å². The molecule has 0 aliphatic carbocycles. The minimum atomic E-state index is -1.13. The van der Waals surface area contributed by atoms with E-state index in [4.69, 9.17) is 0 Å². The average molecular weight is 341 g/mol. The summed E-state index contributed by atoms with van der Waals surface area (Å²) >= 11 is 0. The van der Waals surface area contributed by atoms with Crippen molar-refractivity contribution < 1.29 is 13.6 Å². The second-order valence-electron chi connectivity index (χ2n) is 5.63. The normalized spacial score (nSPS) is 13.6. The summed E-state index contributed by atoms with van der Waals surface area (Å²) in [6.45, 7) is 0.977. The monoisotopic (exact) mass is 341 g/mol. The lowest BCUT2D eigenvalue weighted by atomic mass is 10.1. The number of fused-ring (bicyclic) bond motifs is 1. The first kappa shape index (κ1) is 15.4. The van der Waals surface area contributed by atoms with E-state index in [0.29, 0.717) is 30.4 Å². The van der Waals surface area contributed by atoms with Crippen molar-refractivity contribution in [2.75, 3.05) is 6.54 Å². The van der Waals surface area contributed by atoms with E-state index < -0.39 is 17.5 Å². The van der Waals surface area contributed by atoms with E-state index in [9.17, 15) is 13.6 Å². The van der Waals surface area contributed by atoms with E-state index >= 15 is 0 Å². The van der Waals surface area contributed by atoms with Crippen LogP contribution in [0.15, 0.2) is 42.6 Å². The number of amides is 1. The van der Waals surface area contributed by atoms with Gasteiger partial charge < -0.3 is 9.47 Å². The van der Waals surface area contributed by atoms with E-state index in [0.717, 1.165) is 6.07 Å². The molecule has 25 heavy (non-hydrogen) atoms. The Bertz CT molecular complexity index is 941. The van der Waals surface area contributed by atoms with Gasteiger partial charge in [-0.15, -0.1) is 10.2 Å². The summed E-state index contributed by atoms with van der Waals surface area (Å²) in [5.74, 6) is -1.53. The summed E-state index contributed by atoms with van der Waals surface area (Å²) in [5.41, 5.74) is 0.412. The van der Waals surface area contributed by atoms with Crippen molar-refractivity contribution in [3.8, 4) is 11.5 Å². The van der Waals surface area contributed by atoms with E-state index in [1.54, 1.807) is 6.20 Å². The fraction of sp³-hybridized carbons (Fsp3) is 0.176. The molecule has 126 valence electrons. The van der Waals surface area contributed by atoms with Crippen molar-refractivity contribution in [1.82, 2.24) is 24.6 Å². The van der Waals surface area contributed by atoms with Crippen molar-refractivity contribution in [3.05, 3.63) is 65.6 Å². The van der Waals surface area contributed by atoms with Crippen LogP contribution in [0, 0.1) is 11.6 Å². The smallest absolute Gasteiger partial charge is 0.257 e. The molecule has 0 saturated carbocycles. The number of benzene rings is 1. The Kier molecular flexibility index (Phi) is 3.72. The average Bonchev–Trinajstić information content (AvgIpc) is 3.07. The van der Waals surface area contributed by atoms with Gasteiger partial charge >= 0.3 is 0 Å². The lowest BCUT2D eigenvalue weighted by Crippen LogP contribution is -2.39. The highest BCUT2D eigenvalue weighted by atomic mass is 19.2. The number of carbonyl (C=O) groups excluding carboxylic acids is 1. The summed E-state index contributed by atoms with van der Waals surface area (Å²) in [6, 6.07) is 9.08. The van der Waals surface area contributed by atoms with Gasteiger partial charge in [0.15, 0.2) is 23.3 Å². The van der Waals surface area contributed by atoms with Crippen LogP contribution in [-0.4, -0.2) is 37.1 Å². The van der Waals surface area contributed by atoms with E-state index in [-0.39, 0.29) is 12.1 Å². The van der Waals surface area contributed by atoms with Crippen LogP contribution in [0.2, 0.25) is 0 Å². The van der Waals surface area contributed by atoms with Crippen LogP contribution >= 0.6 is 0 Å². The molecule has 0 spiro atoms. The quantitative estimate of drug-likeness (QED) is 0.717. The maximum atomic E-state index is 13.9. The summed E-state index contributed by atoms with van der Waals surface area (Å²) in [4.78, 5) is 18.2. The van der Waals surface area contributed by atoms with Crippen molar-refractivity contribution in [2.24, 2.45) is 0 Å². The van der Waals surface area contributed by atoms with Crippen LogP contribution in [0.25, 0.3) is 11.5 Å². The maximum absolute atomic E-state index is 13.9. The van der Waals surface area contributed by atoms with Crippen molar-refractivity contribution in [1.29, 1.82) is 0 Å². The third kappa shape index (κ3) is 2.65. The molecule has 0 N–H and O–H groups in total. The zero-order valence-electron chi connectivity index (χ0n) is 13.1. The molecule has 0 atom stereocenters. The van der Waals surface area contributed by atoms with Crippen LogP contribution in [-0.2, 0) is 13.1 Å². The third-order valence-electron chi connectivity index (χ3n) is 4.12. The van der Waals surface area contributed by atoms with Gasteiger partial charge in [-0.25, -0.2) is 8.78 Å².